The number of aromatic carboxylic acids is 1. The molecule has 0 spiro atoms. The molecule has 24 heavy (non-hydrogen) atoms. The maximum Gasteiger partial charge on any atom is 0.341 e. The van der Waals surface area contributed by atoms with Crippen LogP contribution in [0.2, 0.25) is 0 Å². The number of aromatic nitrogens is 1. The minimum absolute atomic E-state index is 0.0854. The summed E-state index contributed by atoms with van der Waals surface area (Å²) >= 11 is 0. The normalized spacial score (nSPS) is 17.7. The average molecular weight is 337 g/mol. The summed E-state index contributed by atoms with van der Waals surface area (Å²) in [7, 11) is 0. The lowest BCUT2D eigenvalue weighted by Crippen LogP contribution is -2.35. The zero-order chi connectivity index (χ0) is 17.6. The molecule has 128 valence electrons. The van der Waals surface area contributed by atoms with E-state index in [4.69, 9.17) is 5.11 Å². The molecule has 0 saturated carbocycles. The standard InChI is InChI=1S/C16H17F2N3O3/c1-3-20-7-10(16(23)24)15(22)9-6-11(17)14(12(18)13(9)20)21-5-4-8(2)19-21/h6-8,19H,3-5H2,1-2H3,(H,23,24). The Morgan fingerprint density at radius 3 is 2.71 bits per heavy atom. The van der Waals surface area contributed by atoms with Gasteiger partial charge in [-0.25, -0.2) is 19.0 Å². The topological polar surface area (TPSA) is 74.6 Å². The second-order valence-electron chi connectivity index (χ2n) is 5.85. The van der Waals surface area contributed by atoms with Gasteiger partial charge in [0, 0.05) is 25.3 Å². The molecule has 0 bridgehead atoms. The number of carboxylic acids is 1. The van der Waals surface area contributed by atoms with Gasteiger partial charge in [0.1, 0.15) is 11.3 Å². The number of fused-ring (bicyclic) bond motifs is 1. The number of hydrogen-bond acceptors (Lipinski definition) is 4. The van der Waals surface area contributed by atoms with Gasteiger partial charge in [-0.3, -0.25) is 4.79 Å². The zero-order valence-electron chi connectivity index (χ0n) is 13.3. The molecule has 1 aliphatic heterocycles. The first-order valence-electron chi connectivity index (χ1n) is 7.67. The van der Waals surface area contributed by atoms with Gasteiger partial charge in [-0.15, -0.1) is 0 Å². The highest BCUT2D eigenvalue weighted by Crippen LogP contribution is 2.31. The molecule has 0 radical (unpaired) electrons. The fourth-order valence-corrected chi connectivity index (χ4v) is 3.02. The number of nitrogens with zero attached hydrogens (tertiary/aromatic N) is 2. The molecular weight excluding hydrogens is 320 g/mol. The Morgan fingerprint density at radius 2 is 2.17 bits per heavy atom. The van der Waals surface area contributed by atoms with Crippen molar-refractivity contribution in [3.63, 3.8) is 0 Å². The molecule has 0 amide bonds. The predicted molar refractivity (Wildman–Crippen MR) is 85.3 cm³/mol. The van der Waals surface area contributed by atoms with Gasteiger partial charge in [0.2, 0.25) is 5.43 Å². The van der Waals surface area contributed by atoms with Gasteiger partial charge in [-0.05, 0) is 26.3 Å². The molecule has 3 rings (SSSR count). The molecule has 1 aromatic carbocycles. The molecule has 2 heterocycles. The van der Waals surface area contributed by atoms with Crippen molar-refractivity contribution in [3.8, 4) is 0 Å². The number of halogens is 2. The van der Waals surface area contributed by atoms with Crippen molar-refractivity contribution in [2.45, 2.75) is 32.9 Å². The first-order chi connectivity index (χ1) is 11.3. The Balaban J connectivity index is 2.34. The van der Waals surface area contributed by atoms with Crippen LogP contribution in [0.15, 0.2) is 17.1 Å². The number of rotatable bonds is 3. The van der Waals surface area contributed by atoms with Gasteiger partial charge >= 0.3 is 5.97 Å². The average Bonchev–Trinajstić information content (AvgIpc) is 2.94. The Kier molecular flexibility index (Phi) is 4.00. The van der Waals surface area contributed by atoms with Crippen LogP contribution in [0.1, 0.15) is 30.6 Å². The summed E-state index contributed by atoms with van der Waals surface area (Å²) in [6, 6.07) is 1.00. The summed E-state index contributed by atoms with van der Waals surface area (Å²) in [5.41, 5.74) is 1.22. The fraction of sp³-hybridized carbons (Fsp3) is 0.375. The van der Waals surface area contributed by atoms with Crippen LogP contribution in [-0.2, 0) is 6.54 Å². The third-order valence-corrected chi connectivity index (χ3v) is 4.23. The number of aryl methyl sites for hydroxylation is 1. The predicted octanol–water partition coefficient (Wildman–Crippen LogP) is 2.10. The van der Waals surface area contributed by atoms with E-state index in [9.17, 15) is 14.0 Å². The highest BCUT2D eigenvalue weighted by Gasteiger charge is 2.28. The molecule has 2 aromatic rings. The van der Waals surface area contributed by atoms with E-state index in [-0.39, 0.29) is 29.2 Å². The van der Waals surface area contributed by atoms with Crippen LogP contribution in [0, 0.1) is 11.6 Å². The number of hydrogen-bond donors (Lipinski definition) is 2. The molecule has 0 aliphatic carbocycles. The van der Waals surface area contributed by atoms with E-state index in [1.165, 1.54) is 9.58 Å². The maximum absolute atomic E-state index is 15.0. The number of carboxylic acid groups (broad SMARTS) is 1. The van der Waals surface area contributed by atoms with Crippen molar-refractivity contribution >= 4 is 22.6 Å². The van der Waals surface area contributed by atoms with Crippen LogP contribution in [0.3, 0.4) is 0 Å². The zero-order valence-corrected chi connectivity index (χ0v) is 13.3. The summed E-state index contributed by atoms with van der Waals surface area (Å²) in [6.45, 7) is 4.26. The molecule has 1 fully saturated rings. The summed E-state index contributed by atoms with van der Waals surface area (Å²) in [5.74, 6) is -3.20. The quantitative estimate of drug-likeness (QED) is 0.897. The van der Waals surface area contributed by atoms with Crippen molar-refractivity contribution in [3.05, 3.63) is 39.7 Å². The highest BCUT2D eigenvalue weighted by molar-refractivity contribution is 5.93. The Bertz CT molecular complexity index is 894. The van der Waals surface area contributed by atoms with Crippen molar-refractivity contribution in [2.75, 3.05) is 11.6 Å². The third kappa shape index (κ3) is 2.43. The molecule has 1 aromatic heterocycles. The van der Waals surface area contributed by atoms with Crippen molar-refractivity contribution in [1.82, 2.24) is 9.99 Å². The second kappa shape index (κ2) is 5.86. The van der Waals surface area contributed by atoms with E-state index < -0.39 is 28.6 Å². The molecule has 2 N–H and O–H groups in total. The van der Waals surface area contributed by atoms with Crippen LogP contribution >= 0.6 is 0 Å². The van der Waals surface area contributed by atoms with E-state index in [1.807, 2.05) is 6.92 Å². The second-order valence-corrected chi connectivity index (χ2v) is 5.85. The number of benzene rings is 1. The van der Waals surface area contributed by atoms with E-state index >= 15 is 4.39 Å². The van der Waals surface area contributed by atoms with Gasteiger partial charge in [0.05, 0.1) is 10.9 Å². The van der Waals surface area contributed by atoms with Crippen molar-refractivity contribution < 1.29 is 18.7 Å². The molecule has 1 aliphatic rings. The summed E-state index contributed by atoms with van der Waals surface area (Å²) in [5, 5.41) is 10.2. The lowest BCUT2D eigenvalue weighted by atomic mass is 10.1. The molecule has 1 atom stereocenters. The minimum atomic E-state index is -1.43. The van der Waals surface area contributed by atoms with Gasteiger partial charge in [-0.2, -0.15) is 0 Å². The van der Waals surface area contributed by atoms with E-state index in [0.29, 0.717) is 6.54 Å². The first-order valence-corrected chi connectivity index (χ1v) is 7.67. The maximum atomic E-state index is 15.0. The van der Waals surface area contributed by atoms with E-state index in [1.54, 1.807) is 6.92 Å². The van der Waals surface area contributed by atoms with Crippen LogP contribution in [0.25, 0.3) is 10.9 Å². The smallest absolute Gasteiger partial charge is 0.341 e. The SMILES string of the molecule is CCn1cc(C(=O)O)c(=O)c2cc(F)c(N3CCC(C)N3)c(F)c21. The third-order valence-electron chi connectivity index (χ3n) is 4.23. The largest absolute Gasteiger partial charge is 0.477 e. The Hall–Kier alpha value is -2.48. The first kappa shape index (κ1) is 16.4. The molecule has 6 nitrogen and oxygen atoms in total. The lowest BCUT2D eigenvalue weighted by Gasteiger charge is -2.22. The Morgan fingerprint density at radius 1 is 1.46 bits per heavy atom. The van der Waals surface area contributed by atoms with Gasteiger partial charge in [0.15, 0.2) is 11.6 Å². The lowest BCUT2D eigenvalue weighted by molar-refractivity contribution is 0.0695. The number of nitrogens with one attached hydrogen (secondary N) is 1. The summed E-state index contributed by atoms with van der Waals surface area (Å²) < 4.78 is 30.8. The molecule has 1 unspecified atom stereocenters. The fourth-order valence-electron chi connectivity index (χ4n) is 3.02. The van der Waals surface area contributed by atoms with Crippen molar-refractivity contribution in [1.29, 1.82) is 0 Å². The number of carbonyl (C=O) groups is 1. The van der Waals surface area contributed by atoms with Crippen LogP contribution in [-0.4, -0.2) is 28.2 Å². The van der Waals surface area contributed by atoms with Crippen LogP contribution in [0.4, 0.5) is 14.5 Å². The number of pyridine rings is 1. The number of hydrazine groups is 1. The van der Waals surface area contributed by atoms with E-state index in [2.05, 4.69) is 5.43 Å². The summed E-state index contributed by atoms with van der Waals surface area (Å²) in [6.07, 6.45) is 1.83. The van der Waals surface area contributed by atoms with Gasteiger partial charge in [-0.1, -0.05) is 0 Å². The minimum Gasteiger partial charge on any atom is -0.477 e. The highest BCUT2D eigenvalue weighted by atomic mass is 19.1. The number of anilines is 1. The monoisotopic (exact) mass is 337 g/mol. The van der Waals surface area contributed by atoms with Crippen LogP contribution in [0.5, 0.6) is 0 Å². The Labute approximate surface area is 136 Å². The van der Waals surface area contributed by atoms with E-state index in [0.717, 1.165) is 18.7 Å². The molecule has 8 heteroatoms. The molecular formula is C16H17F2N3O3. The molecule has 1 saturated heterocycles. The summed E-state index contributed by atoms with van der Waals surface area (Å²) in [4.78, 5) is 23.5. The van der Waals surface area contributed by atoms with Crippen molar-refractivity contribution in [2.24, 2.45) is 0 Å². The van der Waals surface area contributed by atoms with Gasteiger partial charge in [0.25, 0.3) is 0 Å². The van der Waals surface area contributed by atoms with Gasteiger partial charge < -0.3 is 14.7 Å². The van der Waals surface area contributed by atoms with Crippen LogP contribution < -0.4 is 15.9 Å².